The number of carbonyl (C=O) groups excluding carboxylic acids is 1. The number of carbonyl (C=O) groups is 1. The molecule has 0 aliphatic rings. The number of ether oxygens (including phenoxy) is 1. The summed E-state index contributed by atoms with van der Waals surface area (Å²) in [5.41, 5.74) is 6.71. The van der Waals surface area contributed by atoms with Crippen LogP contribution in [0.2, 0.25) is 0 Å². The molecule has 0 radical (unpaired) electrons. The predicted octanol–water partition coefficient (Wildman–Crippen LogP) is 3.98. The molecule has 0 saturated carbocycles. The maximum absolute atomic E-state index is 11.9. The van der Waals surface area contributed by atoms with Crippen LogP contribution in [-0.4, -0.2) is 18.3 Å². The number of rotatable bonds is 5. The molecular weight excluding hydrogens is 338 g/mol. The first kappa shape index (κ1) is 14.9. The molecule has 20 heavy (non-hydrogen) atoms. The molecule has 0 unspecified atom stereocenters. The zero-order valence-electron chi connectivity index (χ0n) is 10.7. The molecule has 2 aromatic carbocycles. The third-order valence-electron chi connectivity index (χ3n) is 2.58. The fraction of sp³-hybridized carbons (Fsp3) is 0.133. The summed E-state index contributed by atoms with van der Waals surface area (Å²) in [5, 5.41) is 0. The molecule has 5 heteroatoms. The van der Waals surface area contributed by atoms with Crippen LogP contribution in [-0.2, 0) is 4.74 Å². The Labute approximate surface area is 130 Å². The summed E-state index contributed by atoms with van der Waals surface area (Å²) in [5.74, 6) is 0.355. The summed E-state index contributed by atoms with van der Waals surface area (Å²) in [7, 11) is 0. The van der Waals surface area contributed by atoms with Gasteiger partial charge in [0.15, 0.2) is 0 Å². The first-order valence-corrected chi connectivity index (χ1v) is 7.85. The summed E-state index contributed by atoms with van der Waals surface area (Å²) < 4.78 is 5.82. The van der Waals surface area contributed by atoms with Crippen LogP contribution >= 0.6 is 27.7 Å². The number of nitrogen functional groups attached to an aromatic ring is 1. The number of hydrogen-bond donors (Lipinski definition) is 1. The third kappa shape index (κ3) is 4.02. The molecule has 0 saturated heterocycles. The van der Waals surface area contributed by atoms with Gasteiger partial charge in [0.1, 0.15) is 6.61 Å². The Morgan fingerprint density at radius 1 is 1.15 bits per heavy atom. The Morgan fingerprint density at radius 3 is 2.65 bits per heavy atom. The van der Waals surface area contributed by atoms with Gasteiger partial charge in [-0.1, -0.05) is 24.3 Å². The minimum absolute atomic E-state index is 0.361. The maximum Gasteiger partial charge on any atom is 0.339 e. The van der Waals surface area contributed by atoms with Gasteiger partial charge in [-0.25, -0.2) is 4.79 Å². The van der Waals surface area contributed by atoms with E-state index in [0.717, 1.165) is 10.6 Å². The molecule has 0 aromatic heterocycles. The van der Waals surface area contributed by atoms with E-state index in [1.165, 1.54) is 0 Å². The first-order valence-electron chi connectivity index (χ1n) is 6.07. The molecule has 3 nitrogen and oxygen atoms in total. The lowest BCUT2D eigenvalue weighted by molar-refractivity contribution is 0.0529. The van der Waals surface area contributed by atoms with Gasteiger partial charge in [0.25, 0.3) is 0 Å². The molecule has 2 rings (SSSR count). The van der Waals surface area contributed by atoms with Crippen molar-refractivity contribution in [2.24, 2.45) is 0 Å². The molecule has 0 aliphatic heterocycles. The van der Waals surface area contributed by atoms with Gasteiger partial charge in [-0.2, -0.15) is 0 Å². The quantitative estimate of drug-likeness (QED) is 0.383. The van der Waals surface area contributed by atoms with Gasteiger partial charge >= 0.3 is 5.97 Å². The number of esters is 1. The number of benzene rings is 2. The number of nitrogens with two attached hydrogens (primary N) is 1. The van der Waals surface area contributed by atoms with Crippen molar-refractivity contribution in [1.82, 2.24) is 0 Å². The SMILES string of the molecule is Nc1cccc(C(=O)OCCSc2ccccc2)c1Br. The van der Waals surface area contributed by atoms with Crippen molar-refractivity contribution < 1.29 is 9.53 Å². The van der Waals surface area contributed by atoms with Crippen molar-refractivity contribution >= 4 is 39.3 Å². The van der Waals surface area contributed by atoms with Gasteiger partial charge in [-0.15, -0.1) is 11.8 Å². The highest BCUT2D eigenvalue weighted by Crippen LogP contribution is 2.24. The van der Waals surface area contributed by atoms with E-state index in [2.05, 4.69) is 15.9 Å². The van der Waals surface area contributed by atoms with E-state index in [1.807, 2.05) is 30.3 Å². The largest absolute Gasteiger partial charge is 0.461 e. The number of hydrogen-bond acceptors (Lipinski definition) is 4. The molecule has 0 fully saturated rings. The Hall–Kier alpha value is -1.46. The molecule has 104 valence electrons. The summed E-state index contributed by atoms with van der Waals surface area (Å²) >= 11 is 4.95. The van der Waals surface area contributed by atoms with Gasteiger partial charge in [0.05, 0.1) is 10.0 Å². The molecule has 2 N–H and O–H groups in total. The van der Waals surface area contributed by atoms with E-state index in [1.54, 1.807) is 30.0 Å². The molecule has 0 bridgehead atoms. The van der Waals surface area contributed by atoms with Gasteiger partial charge in [-0.05, 0) is 40.2 Å². The van der Waals surface area contributed by atoms with E-state index in [9.17, 15) is 4.79 Å². The van der Waals surface area contributed by atoms with Crippen molar-refractivity contribution in [3.8, 4) is 0 Å². The highest BCUT2D eigenvalue weighted by atomic mass is 79.9. The van der Waals surface area contributed by atoms with Crippen LogP contribution in [0.5, 0.6) is 0 Å². The van der Waals surface area contributed by atoms with E-state index in [4.69, 9.17) is 10.5 Å². The van der Waals surface area contributed by atoms with Gasteiger partial charge in [0.2, 0.25) is 0 Å². The molecular formula is C15H14BrNO2S. The zero-order valence-corrected chi connectivity index (χ0v) is 13.1. The van der Waals surface area contributed by atoms with Crippen molar-refractivity contribution in [2.75, 3.05) is 18.1 Å². The molecule has 0 spiro atoms. The van der Waals surface area contributed by atoms with Crippen LogP contribution < -0.4 is 5.73 Å². The average molecular weight is 352 g/mol. The molecule has 0 atom stereocenters. The molecule has 0 amide bonds. The van der Waals surface area contributed by atoms with Crippen molar-refractivity contribution in [3.63, 3.8) is 0 Å². The summed E-state index contributed by atoms with van der Waals surface area (Å²) in [6.07, 6.45) is 0. The second kappa shape index (κ2) is 7.36. The minimum Gasteiger partial charge on any atom is -0.461 e. The van der Waals surface area contributed by atoms with E-state index in [-0.39, 0.29) is 5.97 Å². The lowest BCUT2D eigenvalue weighted by atomic mass is 10.2. The van der Waals surface area contributed by atoms with Crippen LogP contribution in [0.15, 0.2) is 57.9 Å². The third-order valence-corrected chi connectivity index (χ3v) is 4.44. The van der Waals surface area contributed by atoms with Crippen LogP contribution in [0.25, 0.3) is 0 Å². The highest BCUT2D eigenvalue weighted by Gasteiger charge is 2.12. The van der Waals surface area contributed by atoms with Crippen molar-refractivity contribution in [1.29, 1.82) is 0 Å². The van der Waals surface area contributed by atoms with E-state index < -0.39 is 0 Å². The van der Waals surface area contributed by atoms with Crippen molar-refractivity contribution in [2.45, 2.75) is 4.90 Å². The lowest BCUT2D eigenvalue weighted by Gasteiger charge is -2.07. The van der Waals surface area contributed by atoms with Gasteiger partial charge < -0.3 is 10.5 Å². The number of anilines is 1. The number of halogens is 1. The zero-order chi connectivity index (χ0) is 14.4. The standard InChI is InChI=1S/C15H14BrNO2S/c16-14-12(7-4-8-13(14)17)15(18)19-9-10-20-11-5-2-1-3-6-11/h1-8H,9-10,17H2. The second-order valence-electron chi connectivity index (χ2n) is 4.01. The monoisotopic (exact) mass is 351 g/mol. The normalized spacial score (nSPS) is 10.2. The van der Waals surface area contributed by atoms with Crippen LogP contribution in [0.3, 0.4) is 0 Å². The topological polar surface area (TPSA) is 52.3 Å². The summed E-state index contributed by atoms with van der Waals surface area (Å²) in [4.78, 5) is 13.1. The second-order valence-corrected chi connectivity index (χ2v) is 5.97. The minimum atomic E-state index is -0.363. The Balaban J connectivity index is 1.82. The van der Waals surface area contributed by atoms with Gasteiger partial charge in [0, 0.05) is 16.3 Å². The summed E-state index contributed by atoms with van der Waals surface area (Å²) in [6, 6.07) is 15.1. The lowest BCUT2D eigenvalue weighted by Crippen LogP contribution is -2.09. The highest BCUT2D eigenvalue weighted by molar-refractivity contribution is 9.10. The van der Waals surface area contributed by atoms with Crippen LogP contribution in [0.4, 0.5) is 5.69 Å². The number of thioether (sulfide) groups is 1. The Kier molecular flexibility index (Phi) is 5.49. The maximum atomic E-state index is 11.9. The predicted molar refractivity (Wildman–Crippen MR) is 86.0 cm³/mol. The van der Waals surface area contributed by atoms with Crippen LogP contribution in [0, 0.1) is 0 Å². The smallest absolute Gasteiger partial charge is 0.339 e. The molecule has 2 aromatic rings. The average Bonchev–Trinajstić information content (AvgIpc) is 2.47. The molecule has 0 aliphatic carbocycles. The fourth-order valence-electron chi connectivity index (χ4n) is 1.60. The van der Waals surface area contributed by atoms with E-state index in [0.29, 0.717) is 22.3 Å². The summed E-state index contributed by atoms with van der Waals surface area (Å²) in [6.45, 7) is 0.361. The molecule has 0 heterocycles. The first-order chi connectivity index (χ1) is 9.68. The van der Waals surface area contributed by atoms with Crippen LogP contribution in [0.1, 0.15) is 10.4 Å². The van der Waals surface area contributed by atoms with Gasteiger partial charge in [-0.3, -0.25) is 0 Å². The van der Waals surface area contributed by atoms with Crippen molar-refractivity contribution in [3.05, 3.63) is 58.6 Å². The Bertz CT molecular complexity index is 590. The van der Waals surface area contributed by atoms with E-state index >= 15 is 0 Å². The Morgan fingerprint density at radius 2 is 1.90 bits per heavy atom. The fourth-order valence-corrected chi connectivity index (χ4v) is 2.77.